The van der Waals surface area contributed by atoms with E-state index in [1.807, 2.05) is 4.90 Å². The average Bonchev–Trinajstić information content (AvgIpc) is 3.43. The molecule has 1 aromatic heterocycles. The first-order valence-corrected chi connectivity index (χ1v) is 10.5. The molecule has 0 radical (unpaired) electrons. The Labute approximate surface area is 166 Å². The Morgan fingerprint density at radius 3 is 2.61 bits per heavy atom. The Morgan fingerprint density at radius 2 is 1.82 bits per heavy atom. The van der Waals surface area contributed by atoms with Gasteiger partial charge in [-0.15, -0.1) is 0 Å². The fourth-order valence-corrected chi connectivity index (χ4v) is 4.26. The number of nitrogens with zero attached hydrogens (tertiary/aromatic N) is 1. The van der Waals surface area contributed by atoms with Gasteiger partial charge in [0.25, 0.3) is 5.91 Å². The van der Waals surface area contributed by atoms with E-state index in [9.17, 15) is 9.59 Å². The van der Waals surface area contributed by atoms with Gasteiger partial charge in [0.15, 0.2) is 5.78 Å². The zero-order valence-electron chi connectivity index (χ0n) is 16.6. The lowest BCUT2D eigenvalue weighted by Crippen LogP contribution is -2.28. The maximum absolute atomic E-state index is 12.6. The van der Waals surface area contributed by atoms with Crippen molar-refractivity contribution in [3.05, 3.63) is 58.4 Å². The van der Waals surface area contributed by atoms with Crippen molar-refractivity contribution in [1.82, 2.24) is 15.2 Å². The third kappa shape index (κ3) is 4.04. The number of carbonyl (C=O) groups is 2. The van der Waals surface area contributed by atoms with Crippen molar-refractivity contribution in [1.29, 1.82) is 0 Å². The number of likely N-dealkylation sites (tertiary alicyclic amines) is 1. The summed E-state index contributed by atoms with van der Waals surface area (Å²) in [5.41, 5.74) is 5.23. The molecule has 5 heteroatoms. The third-order valence-electron chi connectivity index (χ3n) is 6.07. The largest absolute Gasteiger partial charge is 0.356 e. The van der Waals surface area contributed by atoms with Gasteiger partial charge in [-0.2, -0.15) is 0 Å². The van der Waals surface area contributed by atoms with Crippen LogP contribution in [0.25, 0.3) is 0 Å². The summed E-state index contributed by atoms with van der Waals surface area (Å²) in [5.74, 6) is -0.00605. The molecule has 2 aliphatic rings. The third-order valence-corrected chi connectivity index (χ3v) is 6.07. The summed E-state index contributed by atoms with van der Waals surface area (Å²) in [6.45, 7) is 3.96. The van der Waals surface area contributed by atoms with E-state index in [1.54, 1.807) is 12.3 Å². The Bertz CT molecular complexity index is 864. The van der Waals surface area contributed by atoms with Crippen LogP contribution in [0.15, 0.2) is 30.5 Å². The molecule has 1 saturated heterocycles. The van der Waals surface area contributed by atoms with Crippen LogP contribution >= 0.6 is 0 Å². The fraction of sp³-hybridized carbons (Fsp3) is 0.478. The number of aromatic nitrogens is 1. The van der Waals surface area contributed by atoms with Crippen molar-refractivity contribution in [3.8, 4) is 0 Å². The molecule has 2 N–H and O–H groups in total. The smallest absolute Gasteiger partial charge is 0.270 e. The summed E-state index contributed by atoms with van der Waals surface area (Å²) < 4.78 is 0. The summed E-state index contributed by atoms with van der Waals surface area (Å²) in [7, 11) is 0. The minimum Gasteiger partial charge on any atom is -0.356 e. The standard InChI is InChI=1S/C23H29N3O2/c1-16(18-9-8-17-6-2-3-7-19(17)12-18)24-15-22(27)20-13-21(25-14-20)23(28)26-10-4-5-11-26/h8-9,12-14,16,24-25H,2-7,10-11,15H2,1H3/t16-/m1/s1. The number of ketones is 1. The molecule has 1 aromatic carbocycles. The number of Topliss-reactive ketones (excluding diaryl/α,β-unsaturated/α-hetero) is 1. The van der Waals surface area contributed by atoms with E-state index in [-0.39, 0.29) is 24.3 Å². The van der Waals surface area contributed by atoms with Gasteiger partial charge in [0, 0.05) is 30.9 Å². The van der Waals surface area contributed by atoms with E-state index in [2.05, 4.69) is 35.4 Å². The van der Waals surface area contributed by atoms with Crippen LogP contribution in [0.1, 0.15) is 76.2 Å². The van der Waals surface area contributed by atoms with Crippen LogP contribution in [0.4, 0.5) is 0 Å². The van der Waals surface area contributed by atoms with Crippen LogP contribution in [0, 0.1) is 0 Å². The predicted molar refractivity (Wildman–Crippen MR) is 110 cm³/mol. The minimum atomic E-state index is -0.00747. The molecule has 0 spiro atoms. The molecule has 2 heterocycles. The number of rotatable bonds is 6. The van der Waals surface area contributed by atoms with Gasteiger partial charge < -0.3 is 15.2 Å². The average molecular weight is 380 g/mol. The van der Waals surface area contributed by atoms with E-state index >= 15 is 0 Å². The van der Waals surface area contributed by atoms with Crippen LogP contribution in [0.5, 0.6) is 0 Å². The molecule has 1 atom stereocenters. The van der Waals surface area contributed by atoms with E-state index in [4.69, 9.17) is 0 Å². The first kappa shape index (κ1) is 18.9. The zero-order chi connectivity index (χ0) is 19.5. The Kier molecular flexibility index (Phi) is 5.62. The molecule has 2 aromatic rings. The normalized spacial score (nSPS) is 17.4. The molecule has 0 bridgehead atoms. The van der Waals surface area contributed by atoms with Crippen molar-refractivity contribution < 1.29 is 9.59 Å². The van der Waals surface area contributed by atoms with Crippen LogP contribution in [-0.2, 0) is 12.8 Å². The number of nitrogens with one attached hydrogen (secondary N) is 2. The van der Waals surface area contributed by atoms with Crippen molar-refractivity contribution in [2.24, 2.45) is 0 Å². The maximum Gasteiger partial charge on any atom is 0.270 e. The lowest BCUT2D eigenvalue weighted by Gasteiger charge is -2.19. The molecular formula is C23H29N3O2. The number of H-pyrrole nitrogens is 1. The zero-order valence-corrected chi connectivity index (χ0v) is 16.6. The van der Waals surface area contributed by atoms with E-state index < -0.39 is 0 Å². The van der Waals surface area contributed by atoms with Crippen molar-refractivity contribution in [2.75, 3.05) is 19.6 Å². The van der Waals surface area contributed by atoms with Crippen LogP contribution in [-0.4, -0.2) is 41.2 Å². The SMILES string of the molecule is C[C@@H](NCC(=O)c1c[nH]c(C(=O)N2CCCC2)c1)c1ccc2c(c1)CCCC2. The number of hydrogen-bond donors (Lipinski definition) is 2. The molecule has 0 saturated carbocycles. The van der Waals surface area contributed by atoms with Crippen LogP contribution < -0.4 is 5.32 Å². The van der Waals surface area contributed by atoms with Gasteiger partial charge in [0.1, 0.15) is 5.69 Å². The lowest BCUT2D eigenvalue weighted by atomic mass is 9.89. The first-order valence-electron chi connectivity index (χ1n) is 10.5. The number of aromatic amines is 1. The molecule has 1 aliphatic heterocycles. The summed E-state index contributed by atoms with van der Waals surface area (Å²) in [5, 5.41) is 3.34. The van der Waals surface area contributed by atoms with Crippen LogP contribution in [0.3, 0.4) is 0 Å². The Balaban J connectivity index is 1.34. The molecule has 1 amide bonds. The number of benzene rings is 1. The van der Waals surface area contributed by atoms with Gasteiger partial charge in [-0.1, -0.05) is 18.2 Å². The van der Waals surface area contributed by atoms with E-state index in [0.717, 1.165) is 32.4 Å². The molecule has 1 aliphatic carbocycles. The molecule has 4 rings (SSSR count). The highest BCUT2D eigenvalue weighted by molar-refractivity contribution is 6.01. The second-order valence-electron chi connectivity index (χ2n) is 8.06. The molecular weight excluding hydrogens is 350 g/mol. The van der Waals surface area contributed by atoms with Gasteiger partial charge in [-0.3, -0.25) is 9.59 Å². The van der Waals surface area contributed by atoms with E-state index in [1.165, 1.54) is 36.0 Å². The van der Waals surface area contributed by atoms with Gasteiger partial charge >= 0.3 is 0 Å². The van der Waals surface area contributed by atoms with Crippen molar-refractivity contribution in [2.45, 2.75) is 51.5 Å². The van der Waals surface area contributed by atoms with Crippen molar-refractivity contribution in [3.63, 3.8) is 0 Å². The van der Waals surface area contributed by atoms with Gasteiger partial charge in [0.05, 0.1) is 6.54 Å². The number of carbonyl (C=O) groups excluding carboxylic acids is 2. The Morgan fingerprint density at radius 1 is 1.07 bits per heavy atom. The summed E-state index contributed by atoms with van der Waals surface area (Å²) in [6, 6.07) is 8.51. The molecule has 5 nitrogen and oxygen atoms in total. The molecule has 148 valence electrons. The number of aryl methyl sites for hydroxylation is 2. The predicted octanol–water partition coefficient (Wildman–Crippen LogP) is 3.66. The van der Waals surface area contributed by atoms with Crippen molar-refractivity contribution >= 4 is 11.7 Å². The molecule has 0 unspecified atom stereocenters. The topological polar surface area (TPSA) is 65.2 Å². The second kappa shape index (κ2) is 8.31. The number of fused-ring (bicyclic) bond motifs is 1. The summed E-state index contributed by atoms with van der Waals surface area (Å²) in [4.78, 5) is 29.8. The lowest BCUT2D eigenvalue weighted by molar-refractivity contribution is 0.0787. The van der Waals surface area contributed by atoms with Gasteiger partial charge in [-0.05, 0) is 68.2 Å². The molecule has 1 fully saturated rings. The summed E-state index contributed by atoms with van der Waals surface area (Å²) in [6.07, 6.45) is 8.66. The number of amides is 1. The van der Waals surface area contributed by atoms with E-state index in [0.29, 0.717) is 11.3 Å². The summed E-state index contributed by atoms with van der Waals surface area (Å²) >= 11 is 0. The maximum atomic E-state index is 12.6. The Hall–Kier alpha value is -2.40. The minimum absolute atomic E-state index is 0.00142. The monoisotopic (exact) mass is 379 g/mol. The van der Waals surface area contributed by atoms with Crippen LogP contribution in [0.2, 0.25) is 0 Å². The highest BCUT2D eigenvalue weighted by Crippen LogP contribution is 2.24. The second-order valence-corrected chi connectivity index (χ2v) is 8.06. The molecule has 28 heavy (non-hydrogen) atoms. The fourth-order valence-electron chi connectivity index (χ4n) is 4.26. The van der Waals surface area contributed by atoms with Gasteiger partial charge in [-0.25, -0.2) is 0 Å². The highest BCUT2D eigenvalue weighted by Gasteiger charge is 2.22. The quantitative estimate of drug-likeness (QED) is 0.753. The first-order chi connectivity index (χ1) is 13.6. The number of hydrogen-bond acceptors (Lipinski definition) is 3. The van der Waals surface area contributed by atoms with Gasteiger partial charge in [0.2, 0.25) is 0 Å². The highest BCUT2D eigenvalue weighted by atomic mass is 16.2.